The largest absolute Gasteiger partial charge is 0.393 e. The monoisotopic (exact) mass is 640 g/mol. The number of benzene rings is 1. The van der Waals surface area contributed by atoms with Gasteiger partial charge in [-0.2, -0.15) is 0 Å². The lowest BCUT2D eigenvalue weighted by atomic mass is 9.43. The number of pyridine rings is 1. The maximum absolute atomic E-state index is 12.0. The van der Waals surface area contributed by atoms with Gasteiger partial charge in [0, 0.05) is 23.7 Å². The zero-order chi connectivity index (χ0) is 32.7. The molecule has 2 bridgehead atoms. The molecule has 4 saturated carbocycles. The molecule has 7 fully saturated rings. The van der Waals surface area contributed by atoms with E-state index in [9.17, 15) is 15.3 Å². The minimum atomic E-state index is -0.506. The van der Waals surface area contributed by atoms with Gasteiger partial charge in [-0.3, -0.25) is 9.88 Å². The maximum Gasteiger partial charge on any atom is 0.0952 e. The van der Waals surface area contributed by atoms with Crippen molar-refractivity contribution < 1.29 is 15.3 Å². The summed E-state index contributed by atoms with van der Waals surface area (Å²) >= 11 is 0. The Morgan fingerprint density at radius 2 is 1.79 bits per heavy atom. The van der Waals surface area contributed by atoms with Gasteiger partial charge in [0.15, 0.2) is 0 Å². The highest BCUT2D eigenvalue weighted by molar-refractivity contribution is 5.82. The molecule has 3 N–H and O–H groups in total. The summed E-state index contributed by atoms with van der Waals surface area (Å²) in [6, 6.07) is 10.8. The predicted octanol–water partition coefficient (Wildman–Crippen LogP) is 7.72. The number of aliphatic hydroxyl groups excluding tert-OH is 3. The van der Waals surface area contributed by atoms with E-state index in [0.29, 0.717) is 47.3 Å². The molecular formula is C42H60N2O3. The molecule has 7 aliphatic rings. The van der Waals surface area contributed by atoms with E-state index in [1.54, 1.807) is 0 Å². The molecule has 5 nitrogen and oxygen atoms in total. The van der Waals surface area contributed by atoms with Crippen LogP contribution < -0.4 is 0 Å². The normalized spacial score (nSPS) is 45.5. The van der Waals surface area contributed by atoms with Gasteiger partial charge < -0.3 is 15.3 Å². The second kappa shape index (κ2) is 12.2. The standard InChI is InChI=1S/C42H60N2O3/c1-5-26-24-44-19-16-27(26)20-37(44)40(47)32-23-29(43-36-9-7-6-8-31(32)36)11-10-25(2)33-12-13-34-39-35(15-18-42(33,34)4)41(3)17-14-30(45)21-28(41)22-38(39)46/h5-9,23,25-28,30,33-35,37-40,45-47H,1,10-22,24H2,2-4H3/t25-,26+,27+,28+,30-,33-,34+,35+,37+,38-,39+,40+,41+,42-/m1/s1. The average molecular weight is 641 g/mol. The van der Waals surface area contributed by atoms with Crippen LogP contribution in [-0.2, 0) is 6.42 Å². The van der Waals surface area contributed by atoms with Crippen molar-refractivity contribution in [3.63, 3.8) is 0 Å². The van der Waals surface area contributed by atoms with Crippen molar-refractivity contribution in [1.29, 1.82) is 0 Å². The second-order valence-electron chi connectivity index (χ2n) is 17.9. The number of fused-ring (bicyclic) bond motifs is 9. The summed E-state index contributed by atoms with van der Waals surface area (Å²) in [7, 11) is 0. The summed E-state index contributed by atoms with van der Waals surface area (Å²) in [5, 5.41) is 35.2. The molecule has 0 amide bonds. The molecule has 47 heavy (non-hydrogen) atoms. The van der Waals surface area contributed by atoms with Crippen LogP contribution >= 0.6 is 0 Å². The quantitative estimate of drug-likeness (QED) is 0.270. The number of aryl methyl sites for hydroxylation is 1. The van der Waals surface area contributed by atoms with Crippen molar-refractivity contribution in [2.45, 2.75) is 122 Å². The van der Waals surface area contributed by atoms with Crippen LogP contribution in [0, 0.1) is 58.2 Å². The van der Waals surface area contributed by atoms with Crippen LogP contribution in [0.3, 0.4) is 0 Å². The first-order valence-electron chi connectivity index (χ1n) is 19.4. The van der Waals surface area contributed by atoms with Gasteiger partial charge in [-0.15, -0.1) is 6.58 Å². The van der Waals surface area contributed by atoms with Crippen molar-refractivity contribution in [3.05, 3.63) is 54.2 Å². The van der Waals surface area contributed by atoms with Crippen LogP contribution in [0.25, 0.3) is 10.9 Å². The van der Waals surface area contributed by atoms with E-state index in [2.05, 4.69) is 68.7 Å². The molecule has 1 aromatic heterocycles. The summed E-state index contributed by atoms with van der Waals surface area (Å²) in [6.07, 6.45) is 14.4. The van der Waals surface area contributed by atoms with Crippen LogP contribution in [0.4, 0.5) is 0 Å². The van der Waals surface area contributed by atoms with Crippen LogP contribution in [0.5, 0.6) is 0 Å². The molecule has 0 spiro atoms. The van der Waals surface area contributed by atoms with Crippen LogP contribution in [0.15, 0.2) is 43.0 Å². The van der Waals surface area contributed by atoms with Crippen molar-refractivity contribution >= 4 is 10.9 Å². The van der Waals surface area contributed by atoms with Crippen molar-refractivity contribution in [1.82, 2.24) is 9.88 Å². The molecule has 1 unspecified atom stereocenters. The number of hydrogen-bond acceptors (Lipinski definition) is 5. The van der Waals surface area contributed by atoms with Gasteiger partial charge in [-0.1, -0.05) is 45.0 Å². The molecule has 4 aliphatic carbocycles. The zero-order valence-corrected chi connectivity index (χ0v) is 29.2. The second-order valence-corrected chi connectivity index (χ2v) is 17.9. The highest BCUT2D eigenvalue weighted by atomic mass is 16.3. The summed E-state index contributed by atoms with van der Waals surface area (Å²) < 4.78 is 0. The van der Waals surface area contributed by atoms with Crippen molar-refractivity contribution in [2.75, 3.05) is 13.1 Å². The molecule has 3 saturated heterocycles. The number of hydrogen-bond donors (Lipinski definition) is 3. The van der Waals surface area contributed by atoms with Gasteiger partial charge in [0.2, 0.25) is 0 Å². The van der Waals surface area contributed by atoms with Gasteiger partial charge in [0.05, 0.1) is 23.8 Å². The summed E-state index contributed by atoms with van der Waals surface area (Å²) in [5.74, 6) is 4.54. The van der Waals surface area contributed by atoms with E-state index < -0.39 is 6.10 Å². The SMILES string of the molecule is C=C[C@H]1CN2CC[C@H]1C[C@H]2[C@@H](O)c1cc(CC[C@@H](C)[C@H]2CC[C@H]3[C@@H]4[C@H](O)C[C@@H]5C[C@H](O)CC[C@]5(C)[C@H]4CC[C@]23C)nc2ccccc12. The molecule has 3 aliphatic heterocycles. The molecule has 1 aromatic carbocycles. The number of rotatable bonds is 7. The van der Waals surface area contributed by atoms with E-state index in [0.717, 1.165) is 80.2 Å². The molecule has 15 atom stereocenters. The number of aliphatic hydroxyl groups is 3. The Morgan fingerprint density at radius 1 is 1.00 bits per heavy atom. The minimum Gasteiger partial charge on any atom is -0.393 e. The molecule has 4 heterocycles. The van der Waals surface area contributed by atoms with E-state index in [1.807, 2.05) is 0 Å². The lowest BCUT2D eigenvalue weighted by Gasteiger charge is -2.62. The van der Waals surface area contributed by atoms with Crippen molar-refractivity contribution in [3.8, 4) is 0 Å². The van der Waals surface area contributed by atoms with Crippen LogP contribution in [-0.4, -0.2) is 56.5 Å². The highest BCUT2D eigenvalue weighted by Crippen LogP contribution is 2.68. The molecule has 256 valence electrons. The Bertz CT molecular complexity index is 1480. The third-order valence-electron chi connectivity index (χ3n) is 15.9. The number of para-hydroxylation sites is 1. The lowest BCUT2D eigenvalue weighted by Crippen LogP contribution is -2.58. The summed E-state index contributed by atoms with van der Waals surface area (Å²) in [6.45, 7) is 13.8. The fraction of sp³-hybridized carbons (Fsp3) is 0.738. The number of aromatic nitrogens is 1. The Kier molecular flexibility index (Phi) is 8.42. The van der Waals surface area contributed by atoms with Gasteiger partial charge >= 0.3 is 0 Å². The maximum atomic E-state index is 12.0. The Hall–Kier alpha value is -1.79. The van der Waals surface area contributed by atoms with Crippen LogP contribution in [0.1, 0.15) is 109 Å². The molecule has 9 rings (SSSR count). The fourth-order valence-corrected chi connectivity index (χ4v) is 13.3. The van der Waals surface area contributed by atoms with E-state index in [1.165, 1.54) is 32.1 Å². The molecule has 0 radical (unpaired) electrons. The summed E-state index contributed by atoms with van der Waals surface area (Å²) in [5.41, 5.74) is 3.75. The molecule has 2 aromatic rings. The smallest absolute Gasteiger partial charge is 0.0952 e. The van der Waals surface area contributed by atoms with Gasteiger partial charge in [0.25, 0.3) is 0 Å². The molecule has 5 heteroatoms. The number of nitrogens with zero attached hydrogens (tertiary/aromatic N) is 2. The topological polar surface area (TPSA) is 76.8 Å². The van der Waals surface area contributed by atoms with Gasteiger partial charge in [0.1, 0.15) is 0 Å². The Labute approximate surface area is 283 Å². The van der Waals surface area contributed by atoms with E-state index in [-0.39, 0.29) is 29.1 Å². The van der Waals surface area contributed by atoms with Crippen molar-refractivity contribution in [2.24, 2.45) is 58.2 Å². The van der Waals surface area contributed by atoms with Gasteiger partial charge in [-0.05, 0) is 159 Å². The lowest BCUT2D eigenvalue weighted by molar-refractivity contribution is -0.174. The molecular weight excluding hydrogens is 580 g/mol. The first kappa shape index (κ1) is 32.4. The third-order valence-corrected chi connectivity index (χ3v) is 15.9. The first-order chi connectivity index (χ1) is 22.6. The minimum absolute atomic E-state index is 0.166. The third kappa shape index (κ3) is 5.27. The first-order valence-corrected chi connectivity index (χ1v) is 19.4. The fourth-order valence-electron chi connectivity index (χ4n) is 13.3. The average Bonchev–Trinajstić information content (AvgIpc) is 3.44. The van der Waals surface area contributed by atoms with E-state index in [4.69, 9.17) is 4.98 Å². The number of piperidine rings is 3. The zero-order valence-electron chi connectivity index (χ0n) is 29.2. The predicted molar refractivity (Wildman–Crippen MR) is 189 cm³/mol. The Morgan fingerprint density at radius 3 is 2.57 bits per heavy atom. The summed E-state index contributed by atoms with van der Waals surface area (Å²) in [4.78, 5) is 7.68. The van der Waals surface area contributed by atoms with E-state index >= 15 is 0 Å². The van der Waals surface area contributed by atoms with Crippen LogP contribution in [0.2, 0.25) is 0 Å². The highest BCUT2D eigenvalue weighted by Gasteiger charge is 2.62. The Balaban J connectivity index is 0.987. The van der Waals surface area contributed by atoms with Gasteiger partial charge in [-0.25, -0.2) is 0 Å².